The van der Waals surface area contributed by atoms with E-state index >= 15 is 0 Å². The highest BCUT2D eigenvalue weighted by molar-refractivity contribution is 5.32. The van der Waals surface area contributed by atoms with Crippen LogP contribution >= 0.6 is 0 Å². The van der Waals surface area contributed by atoms with Gasteiger partial charge in [-0.15, -0.1) is 0 Å². The molecule has 0 N–H and O–H groups in total. The Balaban J connectivity index is 1.20. The van der Waals surface area contributed by atoms with Crippen molar-refractivity contribution in [1.82, 2.24) is 4.90 Å². The van der Waals surface area contributed by atoms with Gasteiger partial charge >= 0.3 is 0 Å². The standard InChI is InChI=1S/C26H29NO2/c1-4-10-22(11-5-1)20-28-16-17-29-21-23-18-27(19-23)26(24-12-6-2-7-13-24)25-14-8-3-9-15-25/h1-15,23,26H,16-21H2. The molecule has 3 aromatic rings. The highest BCUT2D eigenvalue weighted by atomic mass is 16.5. The molecule has 1 aliphatic heterocycles. The predicted molar refractivity (Wildman–Crippen MR) is 117 cm³/mol. The average molecular weight is 388 g/mol. The van der Waals surface area contributed by atoms with Crippen LogP contribution in [0.1, 0.15) is 22.7 Å². The van der Waals surface area contributed by atoms with Gasteiger partial charge in [0.2, 0.25) is 0 Å². The molecule has 150 valence electrons. The maximum atomic E-state index is 5.86. The zero-order chi connectivity index (χ0) is 19.7. The van der Waals surface area contributed by atoms with E-state index in [1.54, 1.807) is 0 Å². The maximum Gasteiger partial charge on any atom is 0.0718 e. The molecule has 3 heteroatoms. The van der Waals surface area contributed by atoms with Crippen molar-refractivity contribution in [2.45, 2.75) is 12.6 Å². The maximum absolute atomic E-state index is 5.86. The Morgan fingerprint density at radius 1 is 0.690 bits per heavy atom. The molecule has 1 heterocycles. The van der Waals surface area contributed by atoms with Crippen molar-refractivity contribution in [3.05, 3.63) is 108 Å². The van der Waals surface area contributed by atoms with Crippen LogP contribution in [0.4, 0.5) is 0 Å². The zero-order valence-electron chi connectivity index (χ0n) is 16.8. The number of hydrogen-bond donors (Lipinski definition) is 0. The topological polar surface area (TPSA) is 21.7 Å². The Hall–Kier alpha value is -2.46. The number of likely N-dealkylation sites (tertiary alicyclic amines) is 1. The molecule has 0 amide bonds. The average Bonchev–Trinajstić information content (AvgIpc) is 2.76. The summed E-state index contributed by atoms with van der Waals surface area (Å²) in [7, 11) is 0. The van der Waals surface area contributed by atoms with Crippen molar-refractivity contribution in [3.8, 4) is 0 Å². The van der Waals surface area contributed by atoms with E-state index in [0.717, 1.165) is 19.7 Å². The quantitative estimate of drug-likeness (QED) is 0.460. The first-order valence-electron chi connectivity index (χ1n) is 10.4. The Morgan fingerprint density at radius 2 is 1.21 bits per heavy atom. The first-order chi connectivity index (χ1) is 14.4. The van der Waals surface area contributed by atoms with Crippen molar-refractivity contribution < 1.29 is 9.47 Å². The van der Waals surface area contributed by atoms with Gasteiger partial charge in [-0.25, -0.2) is 0 Å². The summed E-state index contributed by atoms with van der Waals surface area (Å²) in [5.74, 6) is 0.596. The van der Waals surface area contributed by atoms with Gasteiger partial charge in [-0.1, -0.05) is 91.0 Å². The fourth-order valence-corrected chi connectivity index (χ4v) is 3.94. The van der Waals surface area contributed by atoms with Gasteiger partial charge in [0.05, 0.1) is 32.5 Å². The van der Waals surface area contributed by atoms with Crippen molar-refractivity contribution in [2.24, 2.45) is 5.92 Å². The van der Waals surface area contributed by atoms with Gasteiger partial charge in [-0.05, 0) is 16.7 Å². The first-order valence-corrected chi connectivity index (χ1v) is 10.4. The van der Waals surface area contributed by atoms with E-state index in [2.05, 4.69) is 77.7 Å². The number of hydrogen-bond acceptors (Lipinski definition) is 3. The molecule has 0 aliphatic carbocycles. The van der Waals surface area contributed by atoms with Crippen molar-refractivity contribution >= 4 is 0 Å². The van der Waals surface area contributed by atoms with Crippen molar-refractivity contribution in [1.29, 1.82) is 0 Å². The Bertz CT molecular complexity index is 793. The third kappa shape index (κ3) is 5.54. The molecule has 0 saturated carbocycles. The SMILES string of the molecule is c1ccc(COCCOCC2CN(C(c3ccccc3)c3ccccc3)C2)cc1. The molecule has 3 aromatic carbocycles. The monoisotopic (exact) mass is 387 g/mol. The largest absolute Gasteiger partial charge is 0.379 e. The Kier molecular flexibility index (Phi) is 7.08. The minimum Gasteiger partial charge on any atom is -0.379 e. The molecule has 29 heavy (non-hydrogen) atoms. The van der Waals surface area contributed by atoms with Crippen LogP contribution in [0.5, 0.6) is 0 Å². The van der Waals surface area contributed by atoms with Gasteiger partial charge in [0.25, 0.3) is 0 Å². The van der Waals surface area contributed by atoms with Gasteiger partial charge in [-0.2, -0.15) is 0 Å². The highest BCUT2D eigenvalue weighted by Gasteiger charge is 2.33. The van der Waals surface area contributed by atoms with Crippen LogP contribution < -0.4 is 0 Å². The van der Waals surface area contributed by atoms with Gasteiger partial charge in [0, 0.05) is 19.0 Å². The number of rotatable bonds is 10. The van der Waals surface area contributed by atoms with Crippen molar-refractivity contribution in [2.75, 3.05) is 32.9 Å². The van der Waals surface area contributed by atoms with E-state index in [1.807, 2.05) is 18.2 Å². The van der Waals surface area contributed by atoms with Crippen LogP contribution in [0.2, 0.25) is 0 Å². The summed E-state index contributed by atoms with van der Waals surface area (Å²) in [5, 5.41) is 0. The molecule has 1 fully saturated rings. The molecule has 4 rings (SSSR count). The minimum atomic E-state index is 0.322. The Labute approximate surface area is 173 Å². The Morgan fingerprint density at radius 3 is 1.79 bits per heavy atom. The van der Waals surface area contributed by atoms with E-state index in [9.17, 15) is 0 Å². The van der Waals surface area contributed by atoms with Crippen LogP contribution in [0, 0.1) is 5.92 Å². The fraction of sp³-hybridized carbons (Fsp3) is 0.308. The summed E-state index contributed by atoms with van der Waals surface area (Å²) in [6.07, 6.45) is 0. The van der Waals surface area contributed by atoms with Crippen LogP contribution in [-0.2, 0) is 16.1 Å². The van der Waals surface area contributed by atoms with E-state index in [4.69, 9.17) is 9.47 Å². The second kappa shape index (κ2) is 10.4. The lowest BCUT2D eigenvalue weighted by molar-refractivity contribution is -0.0205. The van der Waals surface area contributed by atoms with Crippen LogP contribution in [0.15, 0.2) is 91.0 Å². The van der Waals surface area contributed by atoms with Gasteiger partial charge in [0.15, 0.2) is 0 Å². The summed E-state index contributed by atoms with van der Waals surface area (Å²) in [6, 6.07) is 32.2. The second-order valence-electron chi connectivity index (χ2n) is 7.66. The zero-order valence-corrected chi connectivity index (χ0v) is 16.8. The molecule has 0 unspecified atom stereocenters. The number of ether oxygens (including phenoxy) is 2. The predicted octanol–water partition coefficient (Wildman–Crippen LogP) is 4.94. The van der Waals surface area contributed by atoms with E-state index in [1.165, 1.54) is 16.7 Å². The molecule has 3 nitrogen and oxygen atoms in total. The van der Waals surface area contributed by atoms with Gasteiger partial charge in [0.1, 0.15) is 0 Å². The third-order valence-electron chi connectivity index (χ3n) is 5.42. The molecule has 1 saturated heterocycles. The lowest BCUT2D eigenvalue weighted by Gasteiger charge is -2.44. The van der Waals surface area contributed by atoms with E-state index in [0.29, 0.717) is 31.8 Å². The molecule has 0 bridgehead atoms. The van der Waals surface area contributed by atoms with Crippen LogP contribution in [0.25, 0.3) is 0 Å². The lowest BCUT2D eigenvalue weighted by Crippen LogP contribution is -2.50. The van der Waals surface area contributed by atoms with Gasteiger partial charge in [-0.3, -0.25) is 4.90 Å². The third-order valence-corrected chi connectivity index (χ3v) is 5.42. The lowest BCUT2D eigenvalue weighted by atomic mass is 9.90. The summed E-state index contributed by atoms with van der Waals surface area (Å²) < 4.78 is 11.6. The van der Waals surface area contributed by atoms with E-state index < -0.39 is 0 Å². The summed E-state index contributed by atoms with van der Waals surface area (Å²) in [6.45, 7) is 4.89. The van der Waals surface area contributed by atoms with Crippen LogP contribution in [-0.4, -0.2) is 37.8 Å². The van der Waals surface area contributed by atoms with Gasteiger partial charge < -0.3 is 9.47 Å². The smallest absolute Gasteiger partial charge is 0.0718 e. The molecular formula is C26H29NO2. The number of nitrogens with zero attached hydrogens (tertiary/aromatic N) is 1. The summed E-state index contributed by atoms with van der Waals surface area (Å²) in [5.41, 5.74) is 3.91. The normalized spacial score (nSPS) is 14.8. The first kappa shape index (κ1) is 19.8. The molecule has 0 radical (unpaired) electrons. The molecule has 0 atom stereocenters. The summed E-state index contributed by atoms with van der Waals surface area (Å²) >= 11 is 0. The fourth-order valence-electron chi connectivity index (χ4n) is 3.94. The second-order valence-corrected chi connectivity index (χ2v) is 7.66. The molecule has 0 spiro atoms. The van der Waals surface area contributed by atoms with E-state index in [-0.39, 0.29) is 0 Å². The minimum absolute atomic E-state index is 0.322. The summed E-state index contributed by atoms with van der Waals surface area (Å²) in [4.78, 5) is 2.55. The highest BCUT2D eigenvalue weighted by Crippen LogP contribution is 2.34. The molecule has 0 aromatic heterocycles. The molecule has 1 aliphatic rings. The molecular weight excluding hydrogens is 358 g/mol. The van der Waals surface area contributed by atoms with Crippen molar-refractivity contribution in [3.63, 3.8) is 0 Å². The number of benzene rings is 3. The van der Waals surface area contributed by atoms with Crippen LogP contribution in [0.3, 0.4) is 0 Å².